The molecular weight excluding hydrogens is 372 g/mol. The van der Waals surface area contributed by atoms with Crippen LogP contribution in [0.3, 0.4) is 0 Å². The zero-order valence-corrected chi connectivity index (χ0v) is 15.9. The van der Waals surface area contributed by atoms with Gasteiger partial charge in [0.25, 0.3) is 0 Å². The van der Waals surface area contributed by atoms with Crippen molar-refractivity contribution in [3.05, 3.63) is 14.7 Å². The first kappa shape index (κ1) is 17.4. The highest BCUT2D eigenvalue weighted by Gasteiger charge is 2.30. The van der Waals surface area contributed by atoms with E-state index in [4.69, 9.17) is 0 Å². The molecule has 0 spiro atoms. The lowest BCUT2D eigenvalue weighted by Crippen LogP contribution is -2.37. The molecule has 0 aliphatic heterocycles. The van der Waals surface area contributed by atoms with Crippen molar-refractivity contribution in [2.24, 2.45) is 0 Å². The molecule has 0 unspecified atom stereocenters. The van der Waals surface area contributed by atoms with Gasteiger partial charge in [0.1, 0.15) is 4.90 Å². The number of hydrogen-bond donors (Lipinski definition) is 1. The SMILES string of the molecule is CCCN(C(C)C)S(=O)(=O)c1cc(CNC2CC2)sc1Br. The van der Waals surface area contributed by atoms with Crippen molar-refractivity contribution in [1.29, 1.82) is 0 Å². The molecule has 1 aliphatic carbocycles. The fraction of sp³-hybridized carbons (Fsp3) is 0.714. The molecule has 7 heteroatoms. The van der Waals surface area contributed by atoms with Gasteiger partial charge in [0.2, 0.25) is 10.0 Å². The first-order chi connectivity index (χ1) is 9.86. The van der Waals surface area contributed by atoms with Crippen molar-refractivity contribution >= 4 is 37.3 Å². The highest BCUT2D eigenvalue weighted by molar-refractivity contribution is 9.11. The molecule has 2 rings (SSSR count). The third-order valence-electron chi connectivity index (χ3n) is 3.46. The smallest absolute Gasteiger partial charge is 0.245 e. The predicted octanol–water partition coefficient (Wildman–Crippen LogP) is 3.57. The van der Waals surface area contributed by atoms with Crippen molar-refractivity contribution in [1.82, 2.24) is 9.62 Å². The van der Waals surface area contributed by atoms with E-state index in [1.165, 1.54) is 24.2 Å². The zero-order chi connectivity index (χ0) is 15.6. The lowest BCUT2D eigenvalue weighted by molar-refractivity contribution is 0.354. The summed E-state index contributed by atoms with van der Waals surface area (Å²) in [5, 5.41) is 3.42. The molecule has 1 N–H and O–H groups in total. The Kier molecular flexibility index (Phi) is 5.87. The lowest BCUT2D eigenvalue weighted by atomic mass is 10.4. The highest BCUT2D eigenvalue weighted by atomic mass is 79.9. The molecule has 1 heterocycles. The van der Waals surface area contributed by atoms with Crippen LogP contribution >= 0.6 is 27.3 Å². The van der Waals surface area contributed by atoms with Gasteiger partial charge in [-0.1, -0.05) is 6.92 Å². The topological polar surface area (TPSA) is 49.4 Å². The average Bonchev–Trinajstić information content (AvgIpc) is 3.15. The summed E-state index contributed by atoms with van der Waals surface area (Å²) in [4.78, 5) is 1.47. The molecule has 120 valence electrons. The fourth-order valence-electron chi connectivity index (χ4n) is 2.20. The van der Waals surface area contributed by atoms with E-state index < -0.39 is 10.0 Å². The second kappa shape index (κ2) is 7.08. The van der Waals surface area contributed by atoms with Crippen LogP contribution < -0.4 is 5.32 Å². The van der Waals surface area contributed by atoms with E-state index in [1.54, 1.807) is 4.31 Å². The van der Waals surface area contributed by atoms with Crippen molar-refractivity contribution in [3.8, 4) is 0 Å². The highest BCUT2D eigenvalue weighted by Crippen LogP contribution is 2.34. The Morgan fingerprint density at radius 3 is 2.67 bits per heavy atom. The van der Waals surface area contributed by atoms with Crippen molar-refractivity contribution in [2.45, 2.75) is 63.6 Å². The Hall–Kier alpha value is 0.0500. The van der Waals surface area contributed by atoms with Crippen molar-refractivity contribution in [3.63, 3.8) is 0 Å². The zero-order valence-electron chi connectivity index (χ0n) is 12.7. The summed E-state index contributed by atoms with van der Waals surface area (Å²) < 4.78 is 27.9. The average molecular weight is 395 g/mol. The Labute approximate surface area is 140 Å². The minimum Gasteiger partial charge on any atom is -0.309 e. The Balaban J connectivity index is 2.21. The number of rotatable bonds is 8. The summed E-state index contributed by atoms with van der Waals surface area (Å²) in [6, 6.07) is 2.40. The van der Waals surface area contributed by atoms with Crippen LogP contribution in [0.5, 0.6) is 0 Å². The second-order valence-corrected chi connectivity index (χ2v) is 10.0. The van der Waals surface area contributed by atoms with Gasteiger partial charge in [0.05, 0.1) is 3.79 Å². The van der Waals surface area contributed by atoms with Gasteiger partial charge in [0, 0.05) is 30.1 Å². The van der Waals surface area contributed by atoms with Crippen molar-refractivity contribution in [2.75, 3.05) is 6.54 Å². The Morgan fingerprint density at radius 1 is 1.48 bits per heavy atom. The predicted molar refractivity (Wildman–Crippen MR) is 91.2 cm³/mol. The molecule has 0 amide bonds. The van der Waals surface area contributed by atoms with Crippen LogP contribution in [0.25, 0.3) is 0 Å². The third-order valence-corrected chi connectivity index (χ3v) is 7.78. The van der Waals surface area contributed by atoms with Gasteiger partial charge in [-0.25, -0.2) is 8.42 Å². The Bertz CT molecular complexity index is 580. The molecule has 0 atom stereocenters. The maximum absolute atomic E-state index is 12.8. The molecule has 0 bridgehead atoms. The van der Waals surface area contributed by atoms with Gasteiger partial charge in [-0.2, -0.15) is 4.31 Å². The minimum absolute atomic E-state index is 0.0326. The standard InChI is InChI=1S/C14H23BrN2O2S2/c1-4-7-17(10(2)3)21(18,19)13-8-12(20-14(13)15)9-16-11-5-6-11/h8,10-11,16H,4-7,9H2,1-3H3. The molecule has 21 heavy (non-hydrogen) atoms. The number of sulfonamides is 1. The van der Waals surface area contributed by atoms with Gasteiger partial charge < -0.3 is 5.32 Å². The van der Waals surface area contributed by atoms with E-state index >= 15 is 0 Å². The van der Waals surface area contributed by atoms with E-state index in [0.29, 0.717) is 21.3 Å². The molecule has 1 fully saturated rings. The number of nitrogens with one attached hydrogen (secondary N) is 1. The Morgan fingerprint density at radius 2 is 2.14 bits per heavy atom. The summed E-state index contributed by atoms with van der Waals surface area (Å²) in [5.74, 6) is 0. The summed E-state index contributed by atoms with van der Waals surface area (Å²) in [5.41, 5.74) is 0. The van der Waals surface area contributed by atoms with Gasteiger partial charge in [0.15, 0.2) is 0 Å². The van der Waals surface area contributed by atoms with Crippen LogP contribution in [0.2, 0.25) is 0 Å². The molecule has 4 nitrogen and oxygen atoms in total. The largest absolute Gasteiger partial charge is 0.309 e. The van der Waals surface area contributed by atoms with Crippen LogP contribution in [0.4, 0.5) is 0 Å². The van der Waals surface area contributed by atoms with Gasteiger partial charge >= 0.3 is 0 Å². The molecule has 1 aromatic heterocycles. The van der Waals surface area contributed by atoms with Crippen LogP contribution in [-0.4, -0.2) is 31.4 Å². The molecule has 0 saturated heterocycles. The molecule has 0 radical (unpaired) electrons. The van der Waals surface area contributed by atoms with Gasteiger partial charge in [-0.3, -0.25) is 0 Å². The van der Waals surface area contributed by atoms with Crippen LogP contribution in [0.1, 0.15) is 44.9 Å². The van der Waals surface area contributed by atoms with Crippen molar-refractivity contribution < 1.29 is 8.42 Å². The summed E-state index contributed by atoms with van der Waals surface area (Å²) in [6.45, 7) is 7.14. The maximum atomic E-state index is 12.8. The maximum Gasteiger partial charge on any atom is 0.245 e. The molecule has 1 aromatic rings. The number of nitrogens with zero attached hydrogens (tertiary/aromatic N) is 1. The van der Waals surface area contributed by atoms with Gasteiger partial charge in [-0.15, -0.1) is 11.3 Å². The first-order valence-corrected chi connectivity index (χ1v) is 10.4. The quantitative estimate of drug-likeness (QED) is 0.732. The molecule has 0 aromatic carbocycles. The summed E-state index contributed by atoms with van der Waals surface area (Å²) >= 11 is 4.94. The second-order valence-electron chi connectivity index (χ2n) is 5.72. The van der Waals surface area contributed by atoms with Crippen LogP contribution in [-0.2, 0) is 16.6 Å². The monoisotopic (exact) mass is 394 g/mol. The summed E-state index contributed by atoms with van der Waals surface area (Å²) in [7, 11) is -3.43. The van der Waals surface area contributed by atoms with Crippen LogP contribution in [0.15, 0.2) is 14.7 Å². The van der Waals surface area contributed by atoms with E-state index in [0.717, 1.165) is 17.8 Å². The van der Waals surface area contributed by atoms with E-state index in [1.807, 2.05) is 26.8 Å². The number of thiophene rings is 1. The number of halogens is 1. The summed E-state index contributed by atoms with van der Waals surface area (Å²) in [6.07, 6.45) is 3.28. The van der Waals surface area contributed by atoms with E-state index in [-0.39, 0.29) is 6.04 Å². The first-order valence-electron chi connectivity index (χ1n) is 7.39. The molecule has 1 aliphatic rings. The van der Waals surface area contributed by atoms with E-state index in [9.17, 15) is 8.42 Å². The van der Waals surface area contributed by atoms with Crippen LogP contribution in [0, 0.1) is 0 Å². The number of hydrogen-bond acceptors (Lipinski definition) is 4. The molecule has 1 saturated carbocycles. The fourth-order valence-corrected chi connectivity index (χ4v) is 6.51. The van der Waals surface area contributed by atoms with E-state index in [2.05, 4.69) is 21.2 Å². The molecular formula is C14H23BrN2O2S2. The minimum atomic E-state index is -3.43. The normalized spacial score (nSPS) is 16.1. The third kappa shape index (κ3) is 4.28. The lowest BCUT2D eigenvalue weighted by Gasteiger charge is -2.25. The van der Waals surface area contributed by atoms with Gasteiger partial charge in [-0.05, 0) is 55.1 Å².